The maximum atomic E-state index is 12.2. The van der Waals surface area contributed by atoms with Crippen molar-refractivity contribution in [2.24, 2.45) is 0 Å². The van der Waals surface area contributed by atoms with Crippen LogP contribution in [0.4, 0.5) is 16.2 Å². The van der Waals surface area contributed by atoms with Crippen molar-refractivity contribution in [2.45, 2.75) is 0 Å². The summed E-state index contributed by atoms with van der Waals surface area (Å²) in [5.74, 6) is 0. The monoisotopic (exact) mass is 302 g/mol. The fraction of sp³-hybridized carbons (Fsp3) is 0. The van der Waals surface area contributed by atoms with Gasteiger partial charge in [-0.25, -0.2) is 14.2 Å². The number of aromatic amines is 1. The summed E-state index contributed by atoms with van der Waals surface area (Å²) in [6.07, 6.45) is 0. The zero-order chi connectivity index (χ0) is 15.0. The van der Waals surface area contributed by atoms with E-state index < -0.39 is 11.7 Å². The number of benzene rings is 2. The van der Waals surface area contributed by atoms with E-state index in [2.05, 4.69) is 10.3 Å². The van der Waals surface area contributed by atoms with E-state index in [-0.39, 0.29) is 0 Å². The van der Waals surface area contributed by atoms with Crippen LogP contribution < -0.4 is 16.7 Å². The Morgan fingerprint density at radius 1 is 1.19 bits per heavy atom. The highest BCUT2D eigenvalue weighted by atomic mass is 35.5. The summed E-state index contributed by atoms with van der Waals surface area (Å²) in [5, 5.41) is 3.20. The minimum atomic E-state index is -0.557. The summed E-state index contributed by atoms with van der Waals surface area (Å²) in [7, 11) is 0. The normalized spacial score (nSPS) is 10.7. The molecular formula is C14H11ClN4O2. The second-order valence-electron chi connectivity index (χ2n) is 4.48. The van der Waals surface area contributed by atoms with Gasteiger partial charge in [0.2, 0.25) is 0 Å². The Hall–Kier alpha value is -2.73. The third-order valence-electron chi connectivity index (χ3n) is 3.00. The lowest BCUT2D eigenvalue weighted by atomic mass is 10.3. The fourth-order valence-corrected chi connectivity index (χ4v) is 2.17. The molecule has 0 atom stereocenters. The number of imidazole rings is 1. The molecule has 0 spiro atoms. The summed E-state index contributed by atoms with van der Waals surface area (Å²) in [6, 6.07) is 10.9. The minimum absolute atomic E-state index is 0.459. The van der Waals surface area contributed by atoms with Gasteiger partial charge in [-0.1, -0.05) is 11.6 Å². The van der Waals surface area contributed by atoms with Gasteiger partial charge in [0, 0.05) is 16.4 Å². The topological polar surface area (TPSA) is 92.9 Å². The lowest BCUT2D eigenvalue weighted by molar-refractivity contribution is 0.253. The largest absolute Gasteiger partial charge is 0.399 e. The summed E-state index contributed by atoms with van der Waals surface area (Å²) < 4.78 is 1.02. The first-order valence-corrected chi connectivity index (χ1v) is 6.49. The number of nitrogens with one attached hydrogen (secondary N) is 2. The molecule has 0 aliphatic rings. The molecule has 21 heavy (non-hydrogen) atoms. The number of nitrogens with zero attached hydrogens (tertiary/aromatic N) is 1. The van der Waals surface area contributed by atoms with Crippen LogP contribution in [0.3, 0.4) is 0 Å². The Kier molecular flexibility index (Phi) is 3.15. The molecule has 3 rings (SSSR count). The molecule has 0 saturated heterocycles. The minimum Gasteiger partial charge on any atom is -0.399 e. The standard InChI is InChI=1S/C14H11ClN4O2/c15-8-1-4-10(5-2-8)17-13(20)19-12-6-3-9(16)7-11(12)18-14(19)21/h1-7H,16H2,(H,17,20)(H,18,21). The number of amides is 1. The Bertz CT molecular complexity index is 880. The molecule has 3 aromatic rings. The number of H-pyrrole nitrogens is 1. The Morgan fingerprint density at radius 3 is 2.62 bits per heavy atom. The van der Waals surface area contributed by atoms with Crippen LogP contribution in [0.1, 0.15) is 0 Å². The van der Waals surface area contributed by atoms with E-state index >= 15 is 0 Å². The molecule has 2 aromatic carbocycles. The van der Waals surface area contributed by atoms with Gasteiger partial charge in [0.1, 0.15) is 0 Å². The molecule has 0 saturated carbocycles. The van der Waals surface area contributed by atoms with E-state index in [1.54, 1.807) is 42.5 Å². The van der Waals surface area contributed by atoms with Crippen LogP contribution in [-0.2, 0) is 0 Å². The van der Waals surface area contributed by atoms with Crippen molar-refractivity contribution in [3.8, 4) is 0 Å². The molecule has 0 aliphatic heterocycles. The lowest BCUT2D eigenvalue weighted by Crippen LogP contribution is -2.29. The zero-order valence-electron chi connectivity index (χ0n) is 10.8. The van der Waals surface area contributed by atoms with Crippen LogP contribution in [0.2, 0.25) is 5.02 Å². The SMILES string of the molecule is Nc1ccc2c(c1)[nH]c(=O)n2C(=O)Nc1ccc(Cl)cc1. The molecule has 1 amide bonds. The van der Waals surface area contributed by atoms with E-state index in [4.69, 9.17) is 17.3 Å². The predicted octanol–water partition coefficient (Wildman–Crippen LogP) is 2.65. The quantitative estimate of drug-likeness (QED) is 0.603. The number of nitrogens with two attached hydrogens (primary N) is 1. The van der Waals surface area contributed by atoms with Gasteiger partial charge in [0.15, 0.2) is 0 Å². The van der Waals surface area contributed by atoms with Gasteiger partial charge in [-0.3, -0.25) is 0 Å². The molecule has 4 N–H and O–H groups in total. The first kappa shape index (κ1) is 13.3. The predicted molar refractivity (Wildman–Crippen MR) is 82.8 cm³/mol. The maximum absolute atomic E-state index is 12.2. The fourth-order valence-electron chi connectivity index (χ4n) is 2.04. The highest BCUT2D eigenvalue weighted by Crippen LogP contribution is 2.16. The zero-order valence-corrected chi connectivity index (χ0v) is 11.5. The van der Waals surface area contributed by atoms with Gasteiger partial charge < -0.3 is 16.0 Å². The number of nitrogen functional groups attached to an aromatic ring is 1. The van der Waals surface area contributed by atoms with Gasteiger partial charge in [0.05, 0.1) is 11.0 Å². The first-order valence-electron chi connectivity index (χ1n) is 6.12. The molecule has 6 nitrogen and oxygen atoms in total. The number of fused-ring (bicyclic) bond motifs is 1. The van der Waals surface area contributed by atoms with Crippen molar-refractivity contribution in [1.29, 1.82) is 0 Å². The van der Waals surface area contributed by atoms with Crippen molar-refractivity contribution in [3.63, 3.8) is 0 Å². The van der Waals surface area contributed by atoms with Crippen molar-refractivity contribution >= 4 is 40.0 Å². The summed E-state index contributed by atoms with van der Waals surface area (Å²) in [5.41, 5.74) is 7.14. The molecule has 0 fully saturated rings. The summed E-state index contributed by atoms with van der Waals surface area (Å²) in [6.45, 7) is 0. The van der Waals surface area contributed by atoms with Crippen LogP contribution in [0.5, 0.6) is 0 Å². The summed E-state index contributed by atoms with van der Waals surface area (Å²) in [4.78, 5) is 26.8. The molecular weight excluding hydrogens is 292 g/mol. The average Bonchev–Trinajstić information content (AvgIpc) is 2.76. The molecule has 0 bridgehead atoms. The van der Waals surface area contributed by atoms with Gasteiger partial charge in [-0.15, -0.1) is 0 Å². The third-order valence-corrected chi connectivity index (χ3v) is 3.26. The number of rotatable bonds is 1. The second-order valence-corrected chi connectivity index (χ2v) is 4.92. The van der Waals surface area contributed by atoms with E-state index in [1.165, 1.54) is 0 Å². The highest BCUT2D eigenvalue weighted by Gasteiger charge is 2.14. The van der Waals surface area contributed by atoms with Crippen molar-refractivity contribution < 1.29 is 4.79 Å². The molecule has 0 radical (unpaired) electrons. The van der Waals surface area contributed by atoms with Gasteiger partial charge >= 0.3 is 11.7 Å². The average molecular weight is 303 g/mol. The van der Waals surface area contributed by atoms with E-state index in [0.717, 1.165) is 4.57 Å². The van der Waals surface area contributed by atoms with Crippen molar-refractivity contribution in [3.05, 3.63) is 58.0 Å². The van der Waals surface area contributed by atoms with Crippen molar-refractivity contribution in [1.82, 2.24) is 9.55 Å². The maximum Gasteiger partial charge on any atom is 0.334 e. The second kappa shape index (κ2) is 4.99. The van der Waals surface area contributed by atoms with Crippen LogP contribution in [0.25, 0.3) is 11.0 Å². The number of halogens is 1. The molecule has 7 heteroatoms. The van der Waals surface area contributed by atoms with Crippen LogP contribution >= 0.6 is 11.6 Å². The van der Waals surface area contributed by atoms with Crippen LogP contribution in [0, 0.1) is 0 Å². The Balaban J connectivity index is 2.00. The van der Waals surface area contributed by atoms with Gasteiger partial charge in [-0.05, 0) is 42.5 Å². The Morgan fingerprint density at radius 2 is 1.90 bits per heavy atom. The van der Waals surface area contributed by atoms with Gasteiger partial charge in [0.25, 0.3) is 0 Å². The summed E-state index contributed by atoms with van der Waals surface area (Å²) >= 11 is 5.78. The smallest absolute Gasteiger partial charge is 0.334 e. The van der Waals surface area contributed by atoms with E-state index in [1.807, 2.05) is 0 Å². The molecule has 0 aliphatic carbocycles. The van der Waals surface area contributed by atoms with Crippen LogP contribution in [0.15, 0.2) is 47.3 Å². The highest BCUT2D eigenvalue weighted by molar-refractivity contribution is 6.30. The number of anilines is 2. The molecule has 1 heterocycles. The number of hydrogen-bond acceptors (Lipinski definition) is 3. The number of carbonyl (C=O) groups is 1. The number of hydrogen-bond donors (Lipinski definition) is 3. The third kappa shape index (κ3) is 2.48. The number of aromatic nitrogens is 2. The molecule has 106 valence electrons. The lowest BCUT2D eigenvalue weighted by Gasteiger charge is -2.06. The van der Waals surface area contributed by atoms with Crippen LogP contribution in [-0.4, -0.2) is 15.6 Å². The van der Waals surface area contributed by atoms with Gasteiger partial charge in [-0.2, -0.15) is 0 Å². The van der Waals surface area contributed by atoms with Crippen molar-refractivity contribution in [2.75, 3.05) is 11.1 Å². The van der Waals surface area contributed by atoms with E-state index in [0.29, 0.717) is 27.4 Å². The number of carbonyl (C=O) groups excluding carboxylic acids is 1. The first-order chi connectivity index (χ1) is 10.0. The molecule has 1 aromatic heterocycles. The molecule has 0 unspecified atom stereocenters. The van der Waals surface area contributed by atoms with E-state index in [9.17, 15) is 9.59 Å². The Labute approximate surface area is 124 Å².